The van der Waals surface area contributed by atoms with Gasteiger partial charge in [-0.25, -0.2) is 0 Å². The molecule has 2 saturated heterocycles. The topological polar surface area (TPSA) is 35.6 Å². The van der Waals surface area contributed by atoms with Crippen LogP contribution in [0.5, 0.6) is 0 Å². The van der Waals surface area contributed by atoms with Gasteiger partial charge in [0.2, 0.25) is 5.91 Å². The molecule has 24 heavy (non-hydrogen) atoms. The summed E-state index contributed by atoms with van der Waals surface area (Å²) in [6.07, 6.45) is 4.06. The predicted octanol–water partition coefficient (Wildman–Crippen LogP) is 1.69. The lowest BCUT2D eigenvalue weighted by atomic mass is 9.72. The van der Waals surface area contributed by atoms with Gasteiger partial charge in [-0.2, -0.15) is 0 Å². The summed E-state index contributed by atoms with van der Waals surface area (Å²) in [6.45, 7) is 8.46. The average Bonchev–Trinajstić information content (AvgIpc) is 3.11. The Bertz CT molecular complexity index is 611. The molecule has 0 aromatic heterocycles. The van der Waals surface area contributed by atoms with Crippen LogP contribution in [0.15, 0.2) is 24.3 Å². The van der Waals surface area contributed by atoms with Crippen molar-refractivity contribution in [3.05, 3.63) is 35.4 Å². The number of likely N-dealkylation sites (tertiary alicyclic amines) is 1. The Balaban J connectivity index is 1.42. The molecular formula is C20H29N3O. The third-order valence-electron chi connectivity index (χ3n) is 6.28. The summed E-state index contributed by atoms with van der Waals surface area (Å²) in [5.74, 6) is 0.384. The van der Waals surface area contributed by atoms with Crippen molar-refractivity contribution in [2.45, 2.75) is 38.6 Å². The van der Waals surface area contributed by atoms with E-state index in [1.54, 1.807) is 0 Å². The number of fused-ring (bicyclic) bond motifs is 1. The van der Waals surface area contributed by atoms with Crippen LogP contribution in [0, 0.1) is 5.41 Å². The lowest BCUT2D eigenvalue weighted by Gasteiger charge is -2.37. The van der Waals surface area contributed by atoms with Crippen LogP contribution in [0.25, 0.3) is 0 Å². The molecule has 0 radical (unpaired) electrons. The minimum Gasteiger partial charge on any atom is -0.341 e. The van der Waals surface area contributed by atoms with Crippen LogP contribution in [0.3, 0.4) is 0 Å². The second kappa shape index (κ2) is 6.49. The monoisotopic (exact) mass is 327 g/mol. The highest BCUT2D eigenvalue weighted by atomic mass is 16.2. The maximum absolute atomic E-state index is 13.3. The second-order valence-corrected chi connectivity index (χ2v) is 7.99. The molecule has 4 heteroatoms. The van der Waals surface area contributed by atoms with E-state index in [0.717, 1.165) is 65.0 Å². The van der Waals surface area contributed by atoms with Crippen LogP contribution >= 0.6 is 0 Å². The van der Waals surface area contributed by atoms with E-state index in [-0.39, 0.29) is 5.41 Å². The number of amides is 1. The van der Waals surface area contributed by atoms with Crippen molar-refractivity contribution in [1.29, 1.82) is 0 Å². The lowest BCUT2D eigenvalue weighted by Crippen LogP contribution is -2.50. The van der Waals surface area contributed by atoms with Gasteiger partial charge in [-0.05, 0) is 36.8 Å². The van der Waals surface area contributed by atoms with E-state index in [1.165, 1.54) is 11.1 Å². The molecule has 130 valence electrons. The number of nitrogens with zero attached hydrogens (tertiary/aromatic N) is 2. The third kappa shape index (κ3) is 2.98. The van der Waals surface area contributed by atoms with Gasteiger partial charge in [0.05, 0.1) is 5.41 Å². The quantitative estimate of drug-likeness (QED) is 0.898. The van der Waals surface area contributed by atoms with Crippen LogP contribution in [0.4, 0.5) is 0 Å². The first-order chi connectivity index (χ1) is 11.7. The third-order valence-corrected chi connectivity index (χ3v) is 6.28. The lowest BCUT2D eigenvalue weighted by molar-refractivity contribution is -0.141. The Morgan fingerprint density at radius 3 is 2.71 bits per heavy atom. The number of hydrogen-bond donors (Lipinski definition) is 1. The summed E-state index contributed by atoms with van der Waals surface area (Å²) in [4.78, 5) is 18.0. The van der Waals surface area contributed by atoms with Gasteiger partial charge in [-0.1, -0.05) is 31.2 Å². The van der Waals surface area contributed by atoms with Gasteiger partial charge in [0, 0.05) is 45.3 Å². The fourth-order valence-electron chi connectivity index (χ4n) is 4.73. The van der Waals surface area contributed by atoms with E-state index in [9.17, 15) is 4.79 Å². The minimum absolute atomic E-state index is 0.216. The van der Waals surface area contributed by atoms with Crippen molar-refractivity contribution >= 4 is 5.91 Å². The number of carbonyl (C=O) groups excluding carboxylic acids is 1. The fraction of sp³-hybridized carbons (Fsp3) is 0.650. The smallest absolute Gasteiger partial charge is 0.228 e. The van der Waals surface area contributed by atoms with Crippen molar-refractivity contribution in [3.8, 4) is 0 Å². The predicted molar refractivity (Wildman–Crippen MR) is 96.0 cm³/mol. The van der Waals surface area contributed by atoms with Gasteiger partial charge >= 0.3 is 0 Å². The average molecular weight is 327 g/mol. The molecule has 4 rings (SSSR count). The molecule has 1 N–H and O–H groups in total. The normalized spacial score (nSPS) is 31.0. The summed E-state index contributed by atoms with van der Waals surface area (Å²) >= 11 is 0. The number of hydrogen-bond acceptors (Lipinski definition) is 3. The highest BCUT2D eigenvalue weighted by Gasteiger charge is 2.42. The van der Waals surface area contributed by atoms with Crippen LogP contribution < -0.4 is 5.32 Å². The van der Waals surface area contributed by atoms with Crippen LogP contribution in [-0.4, -0.2) is 61.0 Å². The second-order valence-electron chi connectivity index (χ2n) is 7.99. The van der Waals surface area contributed by atoms with Gasteiger partial charge < -0.3 is 10.2 Å². The molecule has 1 aliphatic carbocycles. The Morgan fingerprint density at radius 2 is 1.92 bits per heavy atom. The van der Waals surface area contributed by atoms with Gasteiger partial charge in [-0.15, -0.1) is 0 Å². The molecule has 3 aliphatic rings. The zero-order valence-corrected chi connectivity index (χ0v) is 14.8. The molecule has 0 saturated carbocycles. The molecule has 2 fully saturated rings. The van der Waals surface area contributed by atoms with E-state index < -0.39 is 0 Å². The molecule has 4 nitrogen and oxygen atoms in total. The first kappa shape index (κ1) is 16.1. The molecule has 2 heterocycles. The number of benzene rings is 1. The largest absolute Gasteiger partial charge is 0.341 e. The van der Waals surface area contributed by atoms with Crippen molar-refractivity contribution in [1.82, 2.24) is 15.1 Å². The molecule has 2 aliphatic heterocycles. The molecular weight excluding hydrogens is 298 g/mol. The molecule has 0 spiro atoms. The molecule has 1 amide bonds. The Kier molecular flexibility index (Phi) is 4.35. The van der Waals surface area contributed by atoms with Crippen LogP contribution in [0.2, 0.25) is 0 Å². The molecule has 2 atom stereocenters. The first-order valence-corrected chi connectivity index (χ1v) is 9.47. The van der Waals surface area contributed by atoms with Gasteiger partial charge in [0.1, 0.15) is 0 Å². The Hall–Kier alpha value is -1.39. The molecule has 2 unspecified atom stereocenters. The van der Waals surface area contributed by atoms with Crippen LogP contribution in [-0.2, 0) is 17.6 Å². The summed E-state index contributed by atoms with van der Waals surface area (Å²) in [5, 5.41) is 3.42. The molecule has 1 aromatic rings. The standard InChI is InChI=1S/C20H29N3O/c1-20(8-6-16-4-2-3-5-17(16)14-20)19(24)23-11-7-18(15-23)22-12-9-21-10-13-22/h2-5,18,21H,6-15H2,1H3. The summed E-state index contributed by atoms with van der Waals surface area (Å²) < 4.78 is 0. The highest BCUT2D eigenvalue weighted by molar-refractivity contribution is 5.83. The van der Waals surface area contributed by atoms with E-state index in [4.69, 9.17) is 0 Å². The number of carbonyl (C=O) groups is 1. The van der Waals surface area contributed by atoms with Gasteiger partial charge in [0.25, 0.3) is 0 Å². The minimum atomic E-state index is -0.216. The van der Waals surface area contributed by atoms with Crippen LogP contribution in [0.1, 0.15) is 30.9 Å². The highest BCUT2D eigenvalue weighted by Crippen LogP contribution is 2.37. The van der Waals surface area contributed by atoms with E-state index in [0.29, 0.717) is 11.9 Å². The SMILES string of the molecule is CC1(C(=O)N2CCC(N3CCNCC3)C2)CCc2ccccc2C1. The molecule has 0 bridgehead atoms. The maximum Gasteiger partial charge on any atom is 0.228 e. The Labute approximate surface area is 145 Å². The van der Waals surface area contributed by atoms with Crippen molar-refractivity contribution in [2.75, 3.05) is 39.3 Å². The Morgan fingerprint density at radius 1 is 1.17 bits per heavy atom. The number of piperazine rings is 1. The summed E-state index contributed by atoms with van der Waals surface area (Å²) in [5.41, 5.74) is 2.59. The first-order valence-electron chi connectivity index (χ1n) is 9.47. The number of nitrogens with one attached hydrogen (secondary N) is 1. The van der Waals surface area contributed by atoms with Gasteiger partial charge in [-0.3, -0.25) is 9.69 Å². The van der Waals surface area contributed by atoms with Gasteiger partial charge in [0.15, 0.2) is 0 Å². The molecule has 1 aromatic carbocycles. The fourth-order valence-corrected chi connectivity index (χ4v) is 4.73. The van der Waals surface area contributed by atoms with E-state index in [2.05, 4.69) is 46.3 Å². The maximum atomic E-state index is 13.3. The summed E-state index contributed by atoms with van der Waals surface area (Å²) in [6, 6.07) is 9.20. The van der Waals surface area contributed by atoms with Crippen molar-refractivity contribution in [3.63, 3.8) is 0 Å². The van der Waals surface area contributed by atoms with E-state index >= 15 is 0 Å². The van der Waals surface area contributed by atoms with Crippen molar-refractivity contribution < 1.29 is 4.79 Å². The van der Waals surface area contributed by atoms with Crippen molar-refractivity contribution in [2.24, 2.45) is 5.41 Å². The zero-order chi connectivity index (χ0) is 16.6. The van der Waals surface area contributed by atoms with E-state index in [1.807, 2.05) is 0 Å². The number of rotatable bonds is 2. The number of aryl methyl sites for hydroxylation is 1. The summed E-state index contributed by atoms with van der Waals surface area (Å²) in [7, 11) is 0. The zero-order valence-electron chi connectivity index (χ0n) is 14.8.